The summed E-state index contributed by atoms with van der Waals surface area (Å²) in [5.74, 6) is 0. The summed E-state index contributed by atoms with van der Waals surface area (Å²) in [6.07, 6.45) is 2.26. The van der Waals surface area contributed by atoms with Crippen molar-refractivity contribution < 1.29 is 0 Å². The normalized spacial score (nSPS) is 11.3. The Balaban J connectivity index is 2.42. The van der Waals surface area contributed by atoms with Crippen molar-refractivity contribution in [3.8, 4) is 0 Å². The molecular formula is C14H19ClN2. The molecule has 0 amide bonds. The van der Waals surface area contributed by atoms with E-state index in [1.807, 2.05) is 13.1 Å². The van der Waals surface area contributed by atoms with Gasteiger partial charge in [-0.1, -0.05) is 17.7 Å². The molecule has 0 aliphatic rings. The molecule has 0 fully saturated rings. The van der Waals surface area contributed by atoms with E-state index in [0.717, 1.165) is 30.0 Å². The van der Waals surface area contributed by atoms with Crippen LogP contribution in [0.1, 0.15) is 23.2 Å². The van der Waals surface area contributed by atoms with Gasteiger partial charge in [0.25, 0.3) is 0 Å². The molecule has 0 unspecified atom stereocenters. The van der Waals surface area contributed by atoms with Gasteiger partial charge in [0.2, 0.25) is 0 Å². The second-order valence-corrected chi connectivity index (χ2v) is 4.94. The van der Waals surface area contributed by atoms with E-state index in [4.69, 9.17) is 11.6 Å². The molecule has 3 heteroatoms. The average Bonchev–Trinajstić information content (AvgIpc) is 2.62. The van der Waals surface area contributed by atoms with Crippen LogP contribution in [-0.4, -0.2) is 18.6 Å². The van der Waals surface area contributed by atoms with E-state index in [9.17, 15) is 0 Å². The van der Waals surface area contributed by atoms with E-state index in [0.29, 0.717) is 0 Å². The molecule has 1 heterocycles. The van der Waals surface area contributed by atoms with Gasteiger partial charge in [0.15, 0.2) is 0 Å². The highest BCUT2D eigenvalue weighted by Gasteiger charge is 2.11. The lowest BCUT2D eigenvalue weighted by Gasteiger charge is -2.03. The minimum atomic E-state index is 0.834. The van der Waals surface area contributed by atoms with Gasteiger partial charge in [0.05, 0.1) is 5.52 Å². The molecule has 1 aromatic heterocycles. The number of rotatable bonds is 4. The van der Waals surface area contributed by atoms with Gasteiger partial charge in [-0.15, -0.1) is 0 Å². The van der Waals surface area contributed by atoms with Crippen molar-refractivity contribution in [2.24, 2.45) is 0 Å². The Hall–Kier alpha value is -0.990. The summed E-state index contributed by atoms with van der Waals surface area (Å²) in [4.78, 5) is 3.46. The topological polar surface area (TPSA) is 27.8 Å². The van der Waals surface area contributed by atoms with E-state index in [-0.39, 0.29) is 0 Å². The summed E-state index contributed by atoms with van der Waals surface area (Å²) >= 11 is 6.15. The number of fused-ring (bicyclic) bond motifs is 1. The molecule has 0 saturated heterocycles. The Morgan fingerprint density at radius 2 is 2.06 bits per heavy atom. The average molecular weight is 251 g/mol. The molecule has 0 bridgehead atoms. The van der Waals surface area contributed by atoms with Gasteiger partial charge in [-0.3, -0.25) is 0 Å². The second-order valence-electron chi connectivity index (χ2n) is 4.53. The zero-order valence-electron chi connectivity index (χ0n) is 10.7. The van der Waals surface area contributed by atoms with Crippen molar-refractivity contribution in [2.75, 3.05) is 13.6 Å². The molecule has 0 radical (unpaired) electrons. The summed E-state index contributed by atoms with van der Waals surface area (Å²) in [6, 6.07) is 4.12. The number of hydrogen-bond donors (Lipinski definition) is 2. The molecule has 17 heavy (non-hydrogen) atoms. The van der Waals surface area contributed by atoms with E-state index >= 15 is 0 Å². The van der Waals surface area contributed by atoms with Crippen LogP contribution >= 0.6 is 11.6 Å². The SMILES string of the molecule is CNCCCc1c(C)[nH]c2c(C)c(Cl)ccc12. The Bertz CT molecular complexity index is 528. The largest absolute Gasteiger partial charge is 0.358 e. The van der Waals surface area contributed by atoms with Gasteiger partial charge in [-0.2, -0.15) is 0 Å². The number of H-pyrrole nitrogens is 1. The highest BCUT2D eigenvalue weighted by atomic mass is 35.5. The number of aryl methyl sites for hydroxylation is 3. The number of halogens is 1. The Kier molecular flexibility index (Phi) is 3.75. The lowest BCUT2D eigenvalue weighted by molar-refractivity contribution is 0.725. The molecule has 0 saturated carbocycles. The molecule has 2 rings (SSSR count). The third kappa shape index (κ3) is 2.33. The standard InChI is InChI=1S/C14H19ClN2/c1-9-13(15)7-6-12-11(5-4-8-16-3)10(2)17-14(9)12/h6-7,16-17H,4-5,8H2,1-3H3. The van der Waals surface area contributed by atoms with E-state index in [1.54, 1.807) is 0 Å². The minimum Gasteiger partial charge on any atom is -0.358 e. The predicted octanol–water partition coefficient (Wildman–Crippen LogP) is 3.59. The third-order valence-corrected chi connectivity index (χ3v) is 3.75. The molecule has 0 atom stereocenters. The maximum atomic E-state index is 6.15. The van der Waals surface area contributed by atoms with E-state index < -0.39 is 0 Å². The van der Waals surface area contributed by atoms with Gasteiger partial charge < -0.3 is 10.3 Å². The van der Waals surface area contributed by atoms with Gasteiger partial charge >= 0.3 is 0 Å². The van der Waals surface area contributed by atoms with Crippen LogP contribution in [0.3, 0.4) is 0 Å². The molecule has 0 spiro atoms. The number of aromatic amines is 1. The lowest BCUT2D eigenvalue weighted by Crippen LogP contribution is -2.08. The van der Waals surface area contributed by atoms with Crippen LogP contribution in [0, 0.1) is 13.8 Å². The first-order valence-electron chi connectivity index (χ1n) is 6.06. The van der Waals surface area contributed by atoms with Crippen molar-refractivity contribution in [2.45, 2.75) is 26.7 Å². The summed E-state index contributed by atoms with van der Waals surface area (Å²) in [6.45, 7) is 5.26. The fraction of sp³-hybridized carbons (Fsp3) is 0.429. The highest BCUT2D eigenvalue weighted by molar-refractivity contribution is 6.32. The van der Waals surface area contributed by atoms with Crippen molar-refractivity contribution >= 4 is 22.5 Å². The zero-order chi connectivity index (χ0) is 12.4. The summed E-state index contributed by atoms with van der Waals surface area (Å²) < 4.78 is 0. The van der Waals surface area contributed by atoms with Gasteiger partial charge in [0.1, 0.15) is 0 Å². The van der Waals surface area contributed by atoms with Crippen molar-refractivity contribution in [1.82, 2.24) is 10.3 Å². The van der Waals surface area contributed by atoms with Crippen LogP contribution < -0.4 is 5.32 Å². The first-order valence-corrected chi connectivity index (χ1v) is 6.43. The molecule has 0 aliphatic carbocycles. The smallest absolute Gasteiger partial charge is 0.0503 e. The van der Waals surface area contributed by atoms with Crippen LogP contribution in [-0.2, 0) is 6.42 Å². The maximum Gasteiger partial charge on any atom is 0.0503 e. The summed E-state index contributed by atoms with van der Waals surface area (Å²) in [7, 11) is 1.99. The number of benzene rings is 1. The van der Waals surface area contributed by atoms with Crippen LogP contribution in [0.25, 0.3) is 10.9 Å². The Morgan fingerprint density at radius 1 is 1.29 bits per heavy atom. The van der Waals surface area contributed by atoms with Crippen LogP contribution in [0.15, 0.2) is 12.1 Å². The second kappa shape index (κ2) is 5.11. The number of hydrogen-bond acceptors (Lipinski definition) is 1. The first kappa shape index (κ1) is 12.5. The molecule has 1 aromatic carbocycles. The molecule has 0 aliphatic heterocycles. The molecule has 92 valence electrons. The minimum absolute atomic E-state index is 0.834. The maximum absolute atomic E-state index is 6.15. The number of nitrogens with one attached hydrogen (secondary N) is 2. The first-order chi connectivity index (χ1) is 8.15. The Morgan fingerprint density at radius 3 is 2.76 bits per heavy atom. The van der Waals surface area contributed by atoms with Gasteiger partial charge in [0, 0.05) is 16.1 Å². The van der Waals surface area contributed by atoms with Crippen LogP contribution in [0.5, 0.6) is 0 Å². The third-order valence-electron chi connectivity index (χ3n) is 3.34. The van der Waals surface area contributed by atoms with Crippen molar-refractivity contribution in [3.05, 3.63) is 34.0 Å². The fourth-order valence-electron chi connectivity index (χ4n) is 2.33. The van der Waals surface area contributed by atoms with Crippen molar-refractivity contribution in [3.63, 3.8) is 0 Å². The number of aromatic nitrogens is 1. The quantitative estimate of drug-likeness (QED) is 0.798. The van der Waals surface area contributed by atoms with E-state index in [2.05, 4.69) is 30.2 Å². The van der Waals surface area contributed by atoms with Crippen LogP contribution in [0.2, 0.25) is 5.02 Å². The molecule has 2 N–H and O–H groups in total. The fourth-order valence-corrected chi connectivity index (χ4v) is 2.49. The highest BCUT2D eigenvalue weighted by Crippen LogP contribution is 2.29. The van der Waals surface area contributed by atoms with Crippen molar-refractivity contribution in [1.29, 1.82) is 0 Å². The lowest BCUT2D eigenvalue weighted by atomic mass is 10.0. The molecule has 2 nitrogen and oxygen atoms in total. The predicted molar refractivity (Wildman–Crippen MR) is 75.0 cm³/mol. The molecular weight excluding hydrogens is 232 g/mol. The van der Waals surface area contributed by atoms with Gasteiger partial charge in [-0.25, -0.2) is 0 Å². The van der Waals surface area contributed by atoms with Gasteiger partial charge in [-0.05, 0) is 57.5 Å². The van der Waals surface area contributed by atoms with Crippen LogP contribution in [0.4, 0.5) is 0 Å². The summed E-state index contributed by atoms with van der Waals surface area (Å²) in [5, 5.41) is 5.34. The monoisotopic (exact) mass is 250 g/mol. The summed E-state index contributed by atoms with van der Waals surface area (Å²) in [5.41, 5.74) is 5.03. The Labute approximate surface area is 107 Å². The van der Waals surface area contributed by atoms with E-state index in [1.165, 1.54) is 22.2 Å². The molecule has 2 aromatic rings. The zero-order valence-corrected chi connectivity index (χ0v) is 11.4.